The van der Waals surface area contributed by atoms with Crippen molar-refractivity contribution in [2.45, 2.75) is 13.5 Å². The fourth-order valence-corrected chi connectivity index (χ4v) is 2.03. The summed E-state index contributed by atoms with van der Waals surface area (Å²) in [5, 5.41) is 14.0. The number of halogens is 1. The van der Waals surface area contributed by atoms with Gasteiger partial charge in [-0.3, -0.25) is 10.1 Å². The van der Waals surface area contributed by atoms with Crippen molar-refractivity contribution in [3.63, 3.8) is 0 Å². The van der Waals surface area contributed by atoms with Crippen LogP contribution in [0.15, 0.2) is 22.7 Å². The van der Waals surface area contributed by atoms with Crippen LogP contribution in [0.25, 0.3) is 0 Å². The Bertz CT molecular complexity index is 412. The average Bonchev–Trinajstić information content (AvgIpc) is 2.33. The Balaban J connectivity index is 2.49. The van der Waals surface area contributed by atoms with Crippen molar-refractivity contribution in [1.29, 1.82) is 0 Å². The maximum Gasteiger partial charge on any atom is 0.270 e. The molecular weight excluding hydrogens is 298 g/mol. The number of nitrogens with zero attached hydrogens (tertiary/aromatic N) is 2. The van der Waals surface area contributed by atoms with E-state index in [0.29, 0.717) is 6.54 Å². The third-order valence-electron chi connectivity index (χ3n) is 2.69. The molecule has 100 valence electrons. The molecule has 0 aliphatic heterocycles. The molecule has 0 saturated carbocycles. The fraction of sp³-hybridized carbons (Fsp3) is 0.500. The van der Waals surface area contributed by atoms with Crippen molar-refractivity contribution in [3.05, 3.63) is 38.3 Å². The quantitative estimate of drug-likeness (QED) is 0.477. The first kappa shape index (κ1) is 15.1. The van der Waals surface area contributed by atoms with Gasteiger partial charge in [-0.2, -0.15) is 0 Å². The van der Waals surface area contributed by atoms with Gasteiger partial charge in [-0.25, -0.2) is 0 Å². The number of non-ortho nitro benzene ring substituents is 1. The molecular formula is C12H18BrN3O2. The predicted molar refractivity (Wildman–Crippen MR) is 75.7 cm³/mol. The Morgan fingerprint density at radius 3 is 2.78 bits per heavy atom. The minimum absolute atomic E-state index is 0.117. The van der Waals surface area contributed by atoms with Crippen LogP contribution in [-0.4, -0.2) is 36.5 Å². The van der Waals surface area contributed by atoms with Crippen LogP contribution < -0.4 is 5.32 Å². The van der Waals surface area contributed by atoms with E-state index in [0.717, 1.165) is 29.7 Å². The predicted octanol–water partition coefficient (Wildman–Crippen LogP) is 2.40. The van der Waals surface area contributed by atoms with E-state index in [-0.39, 0.29) is 10.6 Å². The van der Waals surface area contributed by atoms with E-state index in [4.69, 9.17) is 0 Å². The lowest BCUT2D eigenvalue weighted by atomic mass is 10.2. The van der Waals surface area contributed by atoms with Crippen LogP contribution in [0.4, 0.5) is 5.69 Å². The van der Waals surface area contributed by atoms with Gasteiger partial charge in [-0.05, 0) is 25.2 Å². The summed E-state index contributed by atoms with van der Waals surface area (Å²) < 4.78 is 0.735. The zero-order chi connectivity index (χ0) is 13.5. The third kappa shape index (κ3) is 5.12. The number of rotatable bonds is 7. The maximum absolute atomic E-state index is 10.7. The molecule has 0 heterocycles. The molecule has 0 saturated heterocycles. The molecule has 0 amide bonds. The van der Waals surface area contributed by atoms with Crippen LogP contribution in [0, 0.1) is 10.1 Å². The summed E-state index contributed by atoms with van der Waals surface area (Å²) in [6.45, 7) is 5.59. The van der Waals surface area contributed by atoms with E-state index in [1.54, 1.807) is 6.07 Å². The van der Waals surface area contributed by atoms with Crippen LogP contribution >= 0.6 is 15.9 Å². The Morgan fingerprint density at radius 2 is 2.17 bits per heavy atom. The lowest BCUT2D eigenvalue weighted by Crippen LogP contribution is -2.28. The second-order valence-electron chi connectivity index (χ2n) is 4.15. The smallest absolute Gasteiger partial charge is 0.270 e. The Hall–Kier alpha value is -0.980. The lowest BCUT2D eigenvalue weighted by molar-refractivity contribution is -0.385. The van der Waals surface area contributed by atoms with Crippen molar-refractivity contribution in [2.75, 3.05) is 26.7 Å². The largest absolute Gasteiger partial charge is 0.311 e. The SMILES string of the molecule is CCN(C)CCNCc1cc(Br)cc([N+](=O)[O-])c1. The molecule has 0 spiro atoms. The van der Waals surface area contributed by atoms with E-state index in [1.807, 2.05) is 6.07 Å². The zero-order valence-corrected chi connectivity index (χ0v) is 12.2. The number of hydrogen-bond acceptors (Lipinski definition) is 4. The molecule has 0 fully saturated rings. The molecule has 0 aliphatic rings. The molecule has 0 atom stereocenters. The van der Waals surface area contributed by atoms with Crippen LogP contribution in [-0.2, 0) is 6.54 Å². The highest BCUT2D eigenvalue weighted by atomic mass is 79.9. The normalized spacial score (nSPS) is 10.9. The molecule has 6 heteroatoms. The minimum atomic E-state index is -0.376. The van der Waals surface area contributed by atoms with Gasteiger partial charge < -0.3 is 10.2 Å². The van der Waals surface area contributed by atoms with E-state index in [2.05, 4.69) is 40.1 Å². The molecule has 0 bridgehead atoms. The second-order valence-corrected chi connectivity index (χ2v) is 5.06. The van der Waals surface area contributed by atoms with E-state index in [9.17, 15) is 10.1 Å². The number of hydrogen-bond donors (Lipinski definition) is 1. The standard InChI is InChI=1S/C12H18BrN3O2/c1-3-15(2)5-4-14-9-10-6-11(13)8-12(7-10)16(17)18/h6-8,14H,3-5,9H2,1-2H3. The van der Waals surface area contributed by atoms with Gasteiger partial charge in [-0.15, -0.1) is 0 Å². The van der Waals surface area contributed by atoms with Crippen LogP contribution in [0.5, 0.6) is 0 Å². The van der Waals surface area contributed by atoms with E-state index >= 15 is 0 Å². The number of nitrogens with one attached hydrogen (secondary N) is 1. The highest BCUT2D eigenvalue weighted by Crippen LogP contribution is 2.21. The fourth-order valence-electron chi connectivity index (χ4n) is 1.50. The summed E-state index contributed by atoms with van der Waals surface area (Å²) in [6.07, 6.45) is 0. The van der Waals surface area contributed by atoms with Gasteiger partial charge in [0.1, 0.15) is 0 Å². The molecule has 18 heavy (non-hydrogen) atoms. The summed E-state index contributed by atoms with van der Waals surface area (Å²) >= 11 is 3.28. The lowest BCUT2D eigenvalue weighted by Gasteiger charge is -2.14. The first-order valence-electron chi connectivity index (χ1n) is 5.86. The van der Waals surface area contributed by atoms with Gasteiger partial charge >= 0.3 is 0 Å². The van der Waals surface area contributed by atoms with Gasteiger partial charge in [0.2, 0.25) is 0 Å². The van der Waals surface area contributed by atoms with Gasteiger partial charge in [0.25, 0.3) is 5.69 Å². The van der Waals surface area contributed by atoms with Gasteiger partial charge in [0.05, 0.1) is 4.92 Å². The Labute approximate surface area is 115 Å². The van der Waals surface area contributed by atoms with Crippen molar-refractivity contribution in [3.8, 4) is 0 Å². The van der Waals surface area contributed by atoms with Crippen LogP contribution in [0.2, 0.25) is 0 Å². The molecule has 0 radical (unpaired) electrons. The van der Waals surface area contributed by atoms with Crippen molar-refractivity contribution < 1.29 is 4.92 Å². The zero-order valence-electron chi connectivity index (χ0n) is 10.6. The van der Waals surface area contributed by atoms with Crippen molar-refractivity contribution in [1.82, 2.24) is 10.2 Å². The Kier molecular flexibility index (Phi) is 6.24. The minimum Gasteiger partial charge on any atom is -0.311 e. The number of likely N-dealkylation sites (N-methyl/N-ethyl adjacent to an activating group) is 1. The summed E-state index contributed by atoms with van der Waals surface area (Å²) in [4.78, 5) is 12.6. The molecule has 1 aromatic carbocycles. The topological polar surface area (TPSA) is 58.4 Å². The highest BCUT2D eigenvalue weighted by molar-refractivity contribution is 9.10. The number of nitro benzene ring substituents is 1. The monoisotopic (exact) mass is 315 g/mol. The number of benzene rings is 1. The van der Waals surface area contributed by atoms with Crippen molar-refractivity contribution >= 4 is 21.6 Å². The van der Waals surface area contributed by atoms with Crippen molar-refractivity contribution in [2.24, 2.45) is 0 Å². The molecule has 1 rings (SSSR count). The van der Waals surface area contributed by atoms with Crippen LogP contribution in [0.1, 0.15) is 12.5 Å². The molecule has 0 unspecified atom stereocenters. The Morgan fingerprint density at radius 1 is 1.44 bits per heavy atom. The molecule has 1 aromatic rings. The van der Waals surface area contributed by atoms with E-state index in [1.165, 1.54) is 6.07 Å². The summed E-state index contributed by atoms with van der Waals surface area (Å²) in [5.74, 6) is 0. The number of nitro groups is 1. The summed E-state index contributed by atoms with van der Waals surface area (Å²) in [7, 11) is 2.06. The first-order chi connectivity index (χ1) is 8.52. The molecule has 1 N–H and O–H groups in total. The van der Waals surface area contributed by atoms with Gasteiger partial charge in [0.15, 0.2) is 0 Å². The average molecular weight is 316 g/mol. The molecule has 0 aliphatic carbocycles. The molecule has 0 aromatic heterocycles. The third-order valence-corrected chi connectivity index (χ3v) is 3.15. The molecule has 5 nitrogen and oxygen atoms in total. The van der Waals surface area contributed by atoms with Crippen LogP contribution in [0.3, 0.4) is 0 Å². The summed E-state index contributed by atoms with van der Waals surface area (Å²) in [6, 6.07) is 5.00. The van der Waals surface area contributed by atoms with E-state index < -0.39 is 0 Å². The summed E-state index contributed by atoms with van der Waals surface area (Å²) in [5.41, 5.74) is 1.03. The first-order valence-corrected chi connectivity index (χ1v) is 6.65. The maximum atomic E-state index is 10.7. The highest BCUT2D eigenvalue weighted by Gasteiger charge is 2.08. The van der Waals surface area contributed by atoms with Gasteiger partial charge in [0, 0.05) is 36.2 Å². The second kappa shape index (κ2) is 7.45. The van der Waals surface area contributed by atoms with Gasteiger partial charge in [-0.1, -0.05) is 22.9 Å².